The van der Waals surface area contributed by atoms with Crippen molar-refractivity contribution < 1.29 is 39.2 Å². The fraction of sp³-hybridized carbons (Fsp3) is 0.705. The number of ether oxygens (including phenoxy) is 2. The number of epoxide rings is 1. The molecule has 7 fully saturated rings. The number of Topliss-reactive ketones (excluding diaryl/α,β-unsaturated/α-hetero) is 3. The topological polar surface area (TPSA) is 182 Å². The van der Waals surface area contributed by atoms with Gasteiger partial charge in [-0.05, 0) is 201 Å². The second-order valence-electron chi connectivity index (χ2n) is 33.9. The summed E-state index contributed by atoms with van der Waals surface area (Å²) in [6, 6.07) is 6.99. The van der Waals surface area contributed by atoms with Crippen LogP contribution in [0.4, 0.5) is 0 Å². The Bertz CT molecular complexity index is 3720. The van der Waals surface area contributed by atoms with Crippen LogP contribution in [0.1, 0.15) is 246 Å². The zero-order valence-electron chi connectivity index (χ0n) is 55.5. The van der Waals surface area contributed by atoms with E-state index >= 15 is 19.5 Å². The first-order chi connectivity index (χ1) is 43.0. The molecule has 4 aromatic rings. The van der Waals surface area contributed by atoms with Crippen molar-refractivity contribution in [2.45, 2.75) is 250 Å². The second-order valence-corrected chi connectivity index (χ2v) is 33.9. The molecule has 0 amide bonds. The molecule has 3 aromatic heterocycles. The molecule has 12 aliphatic rings. The number of ketones is 3. The number of nitrogens with one attached hydrogen (secondary N) is 3. The van der Waals surface area contributed by atoms with Crippen LogP contribution in [-0.4, -0.2) is 97.9 Å². The Morgan fingerprint density at radius 1 is 0.878 bits per heavy atom. The summed E-state index contributed by atoms with van der Waals surface area (Å²) < 4.78 is 14.7. The number of benzene rings is 1. The summed E-state index contributed by atoms with van der Waals surface area (Å²) in [6.45, 7) is 20.2. The lowest BCUT2D eigenvalue weighted by molar-refractivity contribution is -0.270. The van der Waals surface area contributed by atoms with Gasteiger partial charge in [-0.25, -0.2) is 0 Å². The van der Waals surface area contributed by atoms with Crippen molar-refractivity contribution in [3.8, 4) is 11.8 Å². The molecule has 16 rings (SSSR count). The average molecular weight is 1220 g/mol. The number of nitrogens with zero attached hydrogens (tertiary/aromatic N) is 1. The third kappa shape index (κ3) is 8.10. The Hall–Kier alpha value is -4.61. The number of rotatable bonds is 12. The Morgan fingerprint density at radius 3 is 2.39 bits per heavy atom. The number of fused-ring (bicyclic) bond motifs is 8. The van der Waals surface area contributed by atoms with Crippen LogP contribution in [0.15, 0.2) is 47.9 Å². The monoisotopic (exact) mass is 1220 g/mol. The van der Waals surface area contributed by atoms with Crippen molar-refractivity contribution in [2.75, 3.05) is 26.8 Å². The van der Waals surface area contributed by atoms with Crippen molar-refractivity contribution >= 4 is 28.4 Å². The van der Waals surface area contributed by atoms with Gasteiger partial charge in [0.25, 0.3) is 0 Å². The van der Waals surface area contributed by atoms with E-state index in [9.17, 15) is 10.2 Å². The van der Waals surface area contributed by atoms with Gasteiger partial charge >= 0.3 is 0 Å². The van der Waals surface area contributed by atoms with Gasteiger partial charge in [0.05, 0.1) is 46.3 Å². The number of aromatic amines is 2. The quantitative estimate of drug-likeness (QED) is 0.0594. The molecule has 2 spiro atoms. The molecule has 9 aliphatic carbocycles. The molecule has 0 unspecified atom stereocenters. The largest absolute Gasteiger partial charge is 0.392 e. The number of allylic oxidation sites excluding steroid dienone is 1. The summed E-state index contributed by atoms with van der Waals surface area (Å²) in [5.74, 6) is 7.37. The zero-order valence-corrected chi connectivity index (χ0v) is 55.5. The van der Waals surface area contributed by atoms with E-state index in [0.29, 0.717) is 102 Å². The van der Waals surface area contributed by atoms with Crippen LogP contribution >= 0.6 is 0 Å². The lowest BCUT2D eigenvalue weighted by atomic mass is 9.27. The minimum atomic E-state index is -1.08. The minimum absolute atomic E-state index is 0.0308. The van der Waals surface area contributed by atoms with Gasteiger partial charge in [0.2, 0.25) is 0 Å². The van der Waals surface area contributed by atoms with Crippen LogP contribution in [-0.2, 0) is 48.8 Å². The van der Waals surface area contributed by atoms with Crippen molar-refractivity contribution in [1.82, 2.24) is 19.9 Å². The molecule has 12 nitrogen and oxygen atoms in total. The molecule has 5 saturated carbocycles. The highest BCUT2D eigenvalue weighted by atomic mass is 16.6. The summed E-state index contributed by atoms with van der Waals surface area (Å²) in [4.78, 5) is 56.7. The summed E-state index contributed by atoms with van der Waals surface area (Å²) in [5, 5.41) is 44.4. The predicted octanol–water partition coefficient (Wildman–Crippen LogP) is 13.1. The molecule has 3 aliphatic heterocycles. The summed E-state index contributed by atoms with van der Waals surface area (Å²) in [5.41, 5.74) is 7.25. The highest BCUT2D eigenvalue weighted by Gasteiger charge is 2.81. The van der Waals surface area contributed by atoms with Crippen molar-refractivity contribution in [3.63, 3.8) is 0 Å². The standard InChI is InChI=1S/C78H102N4O8/c1-43(2)18-19-45-34-51-52(35-47(44-15-11-10-12-16-44)36-55(51)78(88)27-31-89-32-28-78)59(66(45)85)53-41-82-42-54-60-62-56(83)39-74(60,7)76(23-14-13-17-49(33-48-40-81-64(53)65(48)82)73(62,6)38-57(84)70-71(3,4)90-70)25-21-58-72(5,26-30-79-9)69(87)61-50-22-29-80-63(50)46-20-24-77(61,37-46)75(58,8)68(76)67(54)86/h22,29,35-36,40-41,43-46,49,54,57-59,61,67-68,70,79-81,84,86,88H,10-12,15-21,23-28,30-34,37-39,42H2,1-9H3/t45-,46-,49-,54-,57+,58-,59+,61+,67+,68+,70+,72-,73+,74-,75+,76-,77-/m0/s1. The van der Waals surface area contributed by atoms with E-state index in [1.165, 1.54) is 36.1 Å². The van der Waals surface area contributed by atoms with Crippen LogP contribution in [0, 0.1) is 79.8 Å². The molecule has 7 bridgehead atoms. The Balaban J connectivity index is 0.940. The molecule has 90 heavy (non-hydrogen) atoms. The van der Waals surface area contributed by atoms with Crippen molar-refractivity contribution in [2.24, 2.45) is 68.0 Å². The normalized spacial score (nSPS) is 40.7. The van der Waals surface area contributed by atoms with Crippen LogP contribution in [0.5, 0.6) is 0 Å². The number of hydrogen-bond donors (Lipinski definition) is 6. The molecule has 17 atom stereocenters. The van der Waals surface area contributed by atoms with E-state index in [-0.39, 0.29) is 53.2 Å². The minimum Gasteiger partial charge on any atom is -0.392 e. The molecule has 12 heteroatoms. The molecular formula is C78H102N4O8. The van der Waals surface area contributed by atoms with E-state index < -0.39 is 67.7 Å². The number of carbonyl (C=O) groups excluding carboxylic acids is 3. The molecule has 6 heterocycles. The van der Waals surface area contributed by atoms with Gasteiger partial charge in [0.15, 0.2) is 5.78 Å². The summed E-state index contributed by atoms with van der Waals surface area (Å²) in [7, 11) is 2.00. The SMILES string of the molecule is CNCC[C@]1(C)C(=O)[C@H]2c3cc[nH]c3[C@H]3CC[C@@]2(C3)[C@]2(C)[C@H]1CC[C@]13CC#CC[C@H]4Cc5c[nH]c6c([C@@H]7C(=O)[C@@H](CCC(C)C)Cc8c7cc(C7CCCCC7)cc8C7(O)CCOCC7)cn(c56)C[C@@H](C5=C(C(=O)C[C@@]51C)[C@]4(C)C[C@@H](O)[C@H]1OC1(C)C)[C@@H](O)[C@@H]32. The van der Waals surface area contributed by atoms with Crippen LogP contribution in [0.2, 0.25) is 0 Å². The number of aromatic nitrogens is 3. The van der Waals surface area contributed by atoms with Gasteiger partial charge in [-0.15, -0.1) is 11.8 Å². The van der Waals surface area contributed by atoms with E-state index in [1.54, 1.807) is 0 Å². The summed E-state index contributed by atoms with van der Waals surface area (Å²) in [6.07, 6.45) is 20.8. The predicted molar refractivity (Wildman–Crippen MR) is 348 cm³/mol. The first kappa shape index (κ1) is 60.3. The van der Waals surface area contributed by atoms with Gasteiger partial charge in [-0.1, -0.05) is 79.4 Å². The first-order valence-electron chi connectivity index (χ1n) is 35.8. The Kier molecular flexibility index (Phi) is 13.9. The second kappa shape index (κ2) is 20.7. The van der Waals surface area contributed by atoms with Crippen LogP contribution in [0.3, 0.4) is 0 Å². The molecule has 0 radical (unpaired) electrons. The molecule has 2 saturated heterocycles. The molecule has 1 aromatic carbocycles. The zero-order chi connectivity index (χ0) is 62.6. The van der Waals surface area contributed by atoms with Gasteiger partial charge < -0.3 is 44.6 Å². The molecule has 6 N–H and O–H groups in total. The number of aliphatic hydroxyl groups is 3. The maximum absolute atomic E-state index is 16.5. The smallest absolute Gasteiger partial charge is 0.160 e. The highest BCUT2D eigenvalue weighted by Crippen LogP contribution is 2.84. The number of carbonyl (C=O) groups is 3. The third-order valence-electron chi connectivity index (χ3n) is 29.0. The van der Waals surface area contributed by atoms with Gasteiger partial charge in [-0.2, -0.15) is 0 Å². The fourth-order valence-corrected chi connectivity index (χ4v) is 24.6. The lowest BCUT2D eigenvalue weighted by Crippen LogP contribution is -2.74. The lowest BCUT2D eigenvalue weighted by Gasteiger charge is -2.76. The number of hydrogen-bond acceptors (Lipinski definition) is 9. The van der Waals surface area contributed by atoms with Crippen molar-refractivity contribution in [3.05, 3.63) is 92.6 Å². The van der Waals surface area contributed by atoms with Crippen LogP contribution in [0.25, 0.3) is 11.0 Å². The van der Waals surface area contributed by atoms with E-state index in [1.807, 2.05) is 20.9 Å². The van der Waals surface area contributed by atoms with Gasteiger partial charge in [0, 0.05) is 115 Å². The Morgan fingerprint density at radius 2 is 1.64 bits per heavy atom. The maximum atomic E-state index is 16.5. The Labute approximate surface area is 534 Å². The van der Waals surface area contributed by atoms with E-state index in [2.05, 4.69) is 110 Å². The fourth-order valence-electron chi connectivity index (χ4n) is 24.6. The first-order valence-corrected chi connectivity index (χ1v) is 35.8. The van der Waals surface area contributed by atoms with Gasteiger partial charge in [-0.3, -0.25) is 14.4 Å². The average Bonchev–Trinajstić information content (AvgIpc) is 1.17. The number of H-pyrrole nitrogens is 2. The molecule has 482 valence electrons. The van der Waals surface area contributed by atoms with Gasteiger partial charge in [0.1, 0.15) is 17.7 Å². The van der Waals surface area contributed by atoms with E-state index in [0.717, 1.165) is 108 Å². The third-order valence-corrected chi connectivity index (χ3v) is 29.0. The van der Waals surface area contributed by atoms with Crippen molar-refractivity contribution in [1.29, 1.82) is 0 Å². The maximum Gasteiger partial charge on any atom is 0.160 e. The highest BCUT2D eigenvalue weighted by molar-refractivity contribution is 6.02. The molecular weight excluding hydrogens is 1120 g/mol. The van der Waals surface area contributed by atoms with Crippen LogP contribution < -0.4 is 5.32 Å². The number of aliphatic hydroxyl groups excluding tert-OH is 2. The summed E-state index contributed by atoms with van der Waals surface area (Å²) >= 11 is 0. The van der Waals surface area contributed by atoms with E-state index in [4.69, 9.17) is 9.47 Å².